The molecular formula is C20H18ClN3O. The normalized spacial score (nSPS) is 12.2. The summed E-state index contributed by atoms with van der Waals surface area (Å²) in [7, 11) is 0. The zero-order valence-electron chi connectivity index (χ0n) is 13.7. The van der Waals surface area contributed by atoms with Gasteiger partial charge in [-0.25, -0.2) is 5.43 Å². The first kappa shape index (κ1) is 17.0. The monoisotopic (exact) mass is 351 g/mol. The van der Waals surface area contributed by atoms with Gasteiger partial charge in [-0.1, -0.05) is 54.1 Å². The lowest BCUT2D eigenvalue weighted by molar-refractivity contribution is -0.121. The van der Waals surface area contributed by atoms with Gasteiger partial charge in [0, 0.05) is 16.3 Å². The van der Waals surface area contributed by atoms with Crippen molar-refractivity contribution in [2.45, 2.75) is 13.0 Å². The van der Waals surface area contributed by atoms with E-state index in [1.54, 1.807) is 25.3 Å². The van der Waals surface area contributed by atoms with Gasteiger partial charge in [0.15, 0.2) is 0 Å². The fraction of sp³-hybridized carbons (Fsp3) is 0.100. The lowest BCUT2D eigenvalue weighted by Crippen LogP contribution is -2.34. The lowest BCUT2D eigenvalue weighted by Gasteiger charge is -2.13. The molecule has 0 heterocycles. The molecule has 0 aromatic heterocycles. The van der Waals surface area contributed by atoms with Crippen molar-refractivity contribution in [3.63, 3.8) is 0 Å². The maximum absolute atomic E-state index is 12.2. The Morgan fingerprint density at radius 3 is 2.56 bits per heavy atom. The third kappa shape index (κ3) is 4.37. The smallest absolute Gasteiger partial charge is 0.262 e. The first-order chi connectivity index (χ1) is 12.1. The Bertz CT molecular complexity index is 901. The van der Waals surface area contributed by atoms with Gasteiger partial charge in [-0.3, -0.25) is 4.79 Å². The number of halogens is 1. The number of hydrogen-bond acceptors (Lipinski definition) is 3. The molecule has 0 aliphatic rings. The van der Waals surface area contributed by atoms with Crippen molar-refractivity contribution >= 4 is 40.2 Å². The van der Waals surface area contributed by atoms with Gasteiger partial charge >= 0.3 is 0 Å². The second kappa shape index (κ2) is 7.81. The first-order valence-corrected chi connectivity index (χ1v) is 8.34. The van der Waals surface area contributed by atoms with Crippen molar-refractivity contribution in [3.05, 3.63) is 77.3 Å². The standard InChI is InChI=1S/C20H18ClN3O/c1-14(23-18-11-9-17(21)10-12-18)20(25)24-22-13-16-7-4-6-15-5-2-3-8-19(15)16/h2-14,23H,1H3,(H,24,25)/b22-13-/t14-/m1/s1. The van der Waals surface area contributed by atoms with Crippen LogP contribution in [0.15, 0.2) is 71.8 Å². The third-order valence-electron chi connectivity index (χ3n) is 3.82. The molecular weight excluding hydrogens is 334 g/mol. The van der Waals surface area contributed by atoms with E-state index in [1.165, 1.54) is 0 Å². The molecule has 5 heteroatoms. The zero-order chi connectivity index (χ0) is 17.6. The van der Waals surface area contributed by atoms with Crippen LogP contribution in [0.1, 0.15) is 12.5 Å². The topological polar surface area (TPSA) is 53.5 Å². The fourth-order valence-electron chi connectivity index (χ4n) is 2.49. The van der Waals surface area contributed by atoms with Gasteiger partial charge in [0.05, 0.1) is 6.21 Å². The molecule has 4 nitrogen and oxygen atoms in total. The largest absolute Gasteiger partial charge is 0.374 e. The van der Waals surface area contributed by atoms with E-state index in [1.807, 2.05) is 54.6 Å². The van der Waals surface area contributed by atoms with Gasteiger partial charge in [-0.15, -0.1) is 0 Å². The predicted molar refractivity (Wildman–Crippen MR) is 104 cm³/mol. The molecule has 1 atom stereocenters. The molecule has 0 saturated heterocycles. The molecule has 0 aliphatic heterocycles. The van der Waals surface area contributed by atoms with Crippen molar-refractivity contribution in [3.8, 4) is 0 Å². The molecule has 0 aliphatic carbocycles. The summed E-state index contributed by atoms with van der Waals surface area (Å²) in [5.74, 6) is -0.216. The summed E-state index contributed by atoms with van der Waals surface area (Å²) in [5.41, 5.74) is 4.35. The number of hydrogen-bond donors (Lipinski definition) is 2. The minimum absolute atomic E-state index is 0.216. The number of carbonyl (C=O) groups excluding carboxylic acids is 1. The quantitative estimate of drug-likeness (QED) is 0.527. The maximum atomic E-state index is 12.2. The van der Waals surface area contributed by atoms with E-state index in [0.717, 1.165) is 22.0 Å². The highest BCUT2D eigenvalue weighted by Gasteiger charge is 2.11. The SMILES string of the molecule is C[C@@H](Nc1ccc(Cl)cc1)C(=O)N/N=C\c1cccc2ccccc12. The molecule has 0 bridgehead atoms. The Labute approximate surface area is 151 Å². The Balaban J connectivity index is 1.62. The van der Waals surface area contributed by atoms with Gasteiger partial charge in [0.2, 0.25) is 0 Å². The third-order valence-corrected chi connectivity index (χ3v) is 4.07. The molecule has 3 rings (SSSR count). The molecule has 3 aromatic rings. The molecule has 0 unspecified atom stereocenters. The van der Waals surface area contributed by atoms with Crippen LogP contribution in [0.3, 0.4) is 0 Å². The highest BCUT2D eigenvalue weighted by molar-refractivity contribution is 6.30. The summed E-state index contributed by atoms with van der Waals surface area (Å²) >= 11 is 5.85. The van der Waals surface area contributed by atoms with Crippen molar-refractivity contribution < 1.29 is 4.79 Å². The van der Waals surface area contributed by atoms with Crippen LogP contribution < -0.4 is 10.7 Å². The second-order valence-electron chi connectivity index (χ2n) is 5.68. The minimum Gasteiger partial charge on any atom is -0.374 e. The molecule has 3 aromatic carbocycles. The number of rotatable bonds is 5. The summed E-state index contributed by atoms with van der Waals surface area (Å²) in [6, 6.07) is 20.8. The predicted octanol–water partition coefficient (Wildman–Crippen LogP) is 4.44. The van der Waals surface area contributed by atoms with Crippen molar-refractivity contribution in [1.29, 1.82) is 0 Å². The molecule has 126 valence electrons. The Kier molecular flexibility index (Phi) is 5.31. The number of nitrogens with one attached hydrogen (secondary N) is 2. The van der Waals surface area contributed by atoms with Crippen LogP contribution in [0.25, 0.3) is 10.8 Å². The second-order valence-corrected chi connectivity index (χ2v) is 6.11. The van der Waals surface area contributed by atoms with Gasteiger partial charge in [0.1, 0.15) is 6.04 Å². The molecule has 0 saturated carbocycles. The highest BCUT2D eigenvalue weighted by atomic mass is 35.5. The number of fused-ring (bicyclic) bond motifs is 1. The van der Waals surface area contributed by atoms with Crippen molar-refractivity contribution in [1.82, 2.24) is 5.43 Å². The van der Waals surface area contributed by atoms with Crippen LogP contribution in [-0.2, 0) is 4.79 Å². The summed E-state index contributed by atoms with van der Waals surface area (Å²) < 4.78 is 0. The van der Waals surface area contributed by atoms with Crippen LogP contribution in [0, 0.1) is 0 Å². The van der Waals surface area contributed by atoms with Gasteiger partial charge in [0.25, 0.3) is 5.91 Å². The summed E-state index contributed by atoms with van der Waals surface area (Å²) in [6.07, 6.45) is 1.66. The average molecular weight is 352 g/mol. The fourth-order valence-corrected chi connectivity index (χ4v) is 2.61. The molecule has 1 amide bonds. The minimum atomic E-state index is -0.425. The Hall–Kier alpha value is -2.85. The van der Waals surface area contributed by atoms with Crippen molar-refractivity contribution in [2.75, 3.05) is 5.32 Å². The Morgan fingerprint density at radius 2 is 1.76 bits per heavy atom. The van der Waals surface area contributed by atoms with E-state index < -0.39 is 6.04 Å². The number of anilines is 1. The van der Waals surface area contributed by atoms with Crippen molar-refractivity contribution in [2.24, 2.45) is 5.10 Å². The van der Waals surface area contributed by atoms with Crippen LogP contribution in [0.5, 0.6) is 0 Å². The van der Waals surface area contributed by atoms with Crippen LogP contribution >= 0.6 is 11.6 Å². The van der Waals surface area contributed by atoms with E-state index in [4.69, 9.17) is 11.6 Å². The van der Waals surface area contributed by atoms with E-state index in [2.05, 4.69) is 15.8 Å². The van der Waals surface area contributed by atoms with E-state index in [9.17, 15) is 4.79 Å². The highest BCUT2D eigenvalue weighted by Crippen LogP contribution is 2.17. The van der Waals surface area contributed by atoms with E-state index in [-0.39, 0.29) is 5.91 Å². The molecule has 0 spiro atoms. The maximum Gasteiger partial charge on any atom is 0.262 e. The molecule has 0 radical (unpaired) electrons. The summed E-state index contributed by atoms with van der Waals surface area (Å²) in [4.78, 5) is 12.2. The number of carbonyl (C=O) groups is 1. The number of hydrazone groups is 1. The Morgan fingerprint density at radius 1 is 1.04 bits per heavy atom. The molecule has 0 fully saturated rings. The van der Waals surface area contributed by atoms with E-state index >= 15 is 0 Å². The first-order valence-electron chi connectivity index (χ1n) is 7.96. The van der Waals surface area contributed by atoms with Gasteiger partial charge in [-0.05, 0) is 42.0 Å². The van der Waals surface area contributed by atoms with Gasteiger partial charge in [-0.2, -0.15) is 5.10 Å². The lowest BCUT2D eigenvalue weighted by atomic mass is 10.1. The number of nitrogens with zero attached hydrogens (tertiary/aromatic N) is 1. The van der Waals surface area contributed by atoms with Crippen LogP contribution in [0.2, 0.25) is 5.02 Å². The van der Waals surface area contributed by atoms with E-state index in [0.29, 0.717) is 5.02 Å². The average Bonchev–Trinajstić information content (AvgIpc) is 2.63. The van der Waals surface area contributed by atoms with Gasteiger partial charge < -0.3 is 5.32 Å². The van der Waals surface area contributed by atoms with Crippen LogP contribution in [-0.4, -0.2) is 18.2 Å². The summed E-state index contributed by atoms with van der Waals surface area (Å²) in [5, 5.41) is 10.1. The number of benzene rings is 3. The zero-order valence-corrected chi connectivity index (χ0v) is 14.5. The number of amides is 1. The molecule has 2 N–H and O–H groups in total. The molecule has 25 heavy (non-hydrogen) atoms. The summed E-state index contributed by atoms with van der Waals surface area (Å²) in [6.45, 7) is 1.78. The van der Waals surface area contributed by atoms with Crippen LogP contribution in [0.4, 0.5) is 5.69 Å².